The van der Waals surface area contributed by atoms with Crippen molar-refractivity contribution in [2.24, 2.45) is 11.8 Å². The summed E-state index contributed by atoms with van der Waals surface area (Å²) in [5.74, 6) is -0.0819. The van der Waals surface area contributed by atoms with Gasteiger partial charge in [0.25, 0.3) is 0 Å². The second-order valence-electron chi connectivity index (χ2n) is 25.4. The van der Waals surface area contributed by atoms with Crippen molar-refractivity contribution in [3.8, 4) is 0 Å². The van der Waals surface area contributed by atoms with E-state index in [1.165, 1.54) is 0 Å². The van der Waals surface area contributed by atoms with Crippen molar-refractivity contribution in [1.82, 2.24) is 0 Å². The van der Waals surface area contributed by atoms with Crippen LogP contribution in [0.3, 0.4) is 0 Å². The van der Waals surface area contributed by atoms with Crippen LogP contribution >= 0.6 is 0 Å². The molecule has 10 heterocycles. The Bertz CT molecular complexity index is 2720. The molecular weight excluding hydrogens is 993 g/mol. The van der Waals surface area contributed by atoms with Crippen molar-refractivity contribution >= 4 is 33.5 Å². The number of hydrogen-bond donors (Lipinski definition) is 1. The lowest BCUT2D eigenvalue weighted by molar-refractivity contribution is -0.316. The number of benzene rings is 3. The summed E-state index contributed by atoms with van der Waals surface area (Å²) in [4.78, 5) is 26.2. The molecule has 22 unspecified atom stereocenters. The van der Waals surface area contributed by atoms with Crippen molar-refractivity contribution < 1.29 is 66.8 Å². The summed E-state index contributed by atoms with van der Waals surface area (Å²) < 4.78 is 75.0. The molecule has 420 valence electrons. The van der Waals surface area contributed by atoms with Crippen LogP contribution in [0, 0.1) is 11.8 Å². The van der Waals surface area contributed by atoms with Gasteiger partial charge in [0.1, 0.15) is 31.0 Å². The van der Waals surface area contributed by atoms with Gasteiger partial charge in [0.2, 0.25) is 0 Å². The Labute approximate surface area is 458 Å². The number of carbonyl (C=O) groups is 2. The van der Waals surface area contributed by atoms with Gasteiger partial charge in [0.15, 0.2) is 0 Å². The van der Waals surface area contributed by atoms with E-state index >= 15 is 0 Å². The molecular formula is C64H80O14. The Morgan fingerprint density at radius 2 is 1.35 bits per heavy atom. The van der Waals surface area contributed by atoms with Crippen LogP contribution in [-0.4, -0.2) is 145 Å². The highest BCUT2D eigenvalue weighted by Crippen LogP contribution is 2.49. The molecule has 3 aromatic carbocycles. The van der Waals surface area contributed by atoms with Crippen LogP contribution in [0.15, 0.2) is 91.1 Å². The van der Waals surface area contributed by atoms with E-state index in [0.29, 0.717) is 50.0 Å². The fourth-order valence-corrected chi connectivity index (χ4v) is 15.7. The second kappa shape index (κ2) is 21.7. The molecule has 0 aromatic heterocycles. The average molecular weight is 1070 g/mol. The first-order chi connectivity index (χ1) is 37.7. The van der Waals surface area contributed by atoms with E-state index in [1.807, 2.05) is 48.5 Å². The lowest BCUT2D eigenvalue weighted by Gasteiger charge is -2.55. The molecule has 14 nitrogen and oxygen atoms in total. The number of carbonyl (C=O) groups excluding carboxylic acids is 2. The van der Waals surface area contributed by atoms with Gasteiger partial charge in [-0.1, -0.05) is 93.3 Å². The molecule has 10 aliphatic rings. The molecule has 78 heavy (non-hydrogen) atoms. The van der Waals surface area contributed by atoms with E-state index in [1.54, 1.807) is 0 Å². The third-order valence-electron chi connectivity index (χ3n) is 19.4. The van der Waals surface area contributed by atoms with Gasteiger partial charge in [-0.05, 0) is 123 Å². The lowest BCUT2D eigenvalue weighted by atomic mass is 9.78. The van der Waals surface area contributed by atoms with E-state index in [4.69, 9.17) is 52.1 Å². The summed E-state index contributed by atoms with van der Waals surface area (Å²) >= 11 is 0. The van der Waals surface area contributed by atoms with Gasteiger partial charge >= 0.3 is 11.9 Å². The number of aliphatic hydroxyl groups is 1. The van der Waals surface area contributed by atoms with E-state index in [0.717, 1.165) is 78.5 Å². The van der Waals surface area contributed by atoms with Crippen LogP contribution in [0.2, 0.25) is 0 Å². The number of rotatable bonds is 5. The second-order valence-corrected chi connectivity index (χ2v) is 25.4. The molecule has 8 fully saturated rings. The predicted octanol–water partition coefficient (Wildman–Crippen LogP) is 9.92. The van der Waals surface area contributed by atoms with Crippen LogP contribution in [0.25, 0.3) is 21.5 Å². The summed E-state index contributed by atoms with van der Waals surface area (Å²) in [6, 6.07) is 17.9. The van der Waals surface area contributed by atoms with Gasteiger partial charge in [-0.3, -0.25) is 4.79 Å². The average Bonchev–Trinajstić information content (AvgIpc) is 3.91. The van der Waals surface area contributed by atoms with Crippen molar-refractivity contribution in [2.75, 3.05) is 6.61 Å². The van der Waals surface area contributed by atoms with E-state index in [2.05, 4.69) is 64.6 Å². The van der Waals surface area contributed by atoms with Crippen LogP contribution < -0.4 is 0 Å². The van der Waals surface area contributed by atoms with Gasteiger partial charge in [0.05, 0.1) is 109 Å². The summed E-state index contributed by atoms with van der Waals surface area (Å²) in [5.41, 5.74) is 0.117. The Balaban J connectivity index is 0.635. The first kappa shape index (κ1) is 53.3. The summed E-state index contributed by atoms with van der Waals surface area (Å²) in [7, 11) is 0. The zero-order chi connectivity index (χ0) is 53.5. The van der Waals surface area contributed by atoms with Gasteiger partial charge in [-0.25, -0.2) is 4.79 Å². The number of fused-ring (bicyclic) bond motifs is 11. The number of esters is 2. The maximum Gasteiger partial charge on any atom is 0.339 e. The van der Waals surface area contributed by atoms with E-state index in [9.17, 15) is 14.7 Å². The molecule has 1 N–H and O–H groups in total. The molecule has 0 bridgehead atoms. The summed E-state index contributed by atoms with van der Waals surface area (Å²) in [6.07, 6.45) is 14.4. The van der Waals surface area contributed by atoms with E-state index < -0.39 is 29.4 Å². The maximum atomic E-state index is 13.7. The highest BCUT2D eigenvalue weighted by Gasteiger charge is 2.57. The molecule has 22 atom stereocenters. The minimum absolute atomic E-state index is 0.0486. The number of hydrogen-bond acceptors (Lipinski definition) is 14. The molecule has 0 aliphatic carbocycles. The van der Waals surface area contributed by atoms with Crippen LogP contribution in [0.1, 0.15) is 134 Å². The zero-order valence-corrected chi connectivity index (χ0v) is 45.8. The van der Waals surface area contributed by atoms with Gasteiger partial charge in [0, 0.05) is 25.7 Å². The third kappa shape index (κ3) is 10.5. The standard InChI is InChI=1S/C64H80O14/c1-35-25-49-52(31-58(66)74-49)73-57-30-51-53(78-63(57,4)32-35)26-37(3)60-48(71-51)19-11-10-18-44-45(75-60)20-12-22-47-46(70-44)21-13-23-56-64(5,77-47)33-55-50(72-56)29-54-61(76-55)43(65)28-40(69-54)24-36(2)34-68-62(67)59-41-16-8-6-14-38(41)27-39-15-7-9-17-42(39)59/h6-12,14-17,22,27,35,37,40,43-57,60-61,65H,2,13,18-21,23-26,28-34H2,1,3-5H3/b11-10-,22-12-. The maximum absolute atomic E-state index is 13.7. The highest BCUT2D eigenvalue weighted by atomic mass is 16.6. The van der Waals surface area contributed by atoms with Crippen molar-refractivity contribution in [1.29, 1.82) is 0 Å². The molecule has 0 radical (unpaired) electrons. The fourth-order valence-electron chi connectivity index (χ4n) is 15.7. The Hall–Kier alpha value is -4.06. The molecule has 10 aliphatic heterocycles. The SMILES string of the molecule is C=C(COC(=O)c1c2ccccc2cc2ccccc12)CC1CC(O)C2OC3CC4(C)OC5/C=C\CC6OC7C(C)CC8OC9(C)CC(C)CC%10OC(=O)CC%10OC9CC8OC7C/C=C\CC6OC5CCCC4OC3CC2O1. The predicted molar refractivity (Wildman–Crippen MR) is 290 cm³/mol. The summed E-state index contributed by atoms with van der Waals surface area (Å²) in [6.45, 7) is 13.2. The zero-order valence-electron chi connectivity index (χ0n) is 45.8. The smallest absolute Gasteiger partial charge is 0.339 e. The van der Waals surface area contributed by atoms with Gasteiger partial charge in [-0.15, -0.1) is 0 Å². The van der Waals surface area contributed by atoms with Crippen LogP contribution in [0.5, 0.6) is 0 Å². The first-order valence-electron chi connectivity index (χ1n) is 29.6. The Morgan fingerprint density at radius 1 is 0.654 bits per heavy atom. The molecule has 8 saturated heterocycles. The number of aliphatic hydroxyl groups excluding tert-OH is 1. The third-order valence-corrected chi connectivity index (χ3v) is 19.4. The minimum Gasteiger partial charge on any atom is -0.459 e. The topological polar surface area (TPSA) is 156 Å². The van der Waals surface area contributed by atoms with E-state index in [-0.39, 0.29) is 123 Å². The van der Waals surface area contributed by atoms with Crippen LogP contribution in [-0.2, 0) is 56.9 Å². The fraction of sp³-hybridized carbons (Fsp3) is 0.656. The molecule has 13 rings (SSSR count). The molecule has 3 aromatic rings. The monoisotopic (exact) mass is 1070 g/mol. The van der Waals surface area contributed by atoms with Crippen molar-refractivity contribution in [2.45, 2.75) is 245 Å². The lowest BCUT2D eigenvalue weighted by Crippen LogP contribution is -2.65. The van der Waals surface area contributed by atoms with Gasteiger partial charge in [-0.2, -0.15) is 0 Å². The first-order valence-corrected chi connectivity index (χ1v) is 29.6. The van der Waals surface area contributed by atoms with Crippen LogP contribution in [0.4, 0.5) is 0 Å². The molecule has 0 saturated carbocycles. The minimum atomic E-state index is -0.745. The summed E-state index contributed by atoms with van der Waals surface area (Å²) in [5, 5.41) is 15.3. The normalized spacial score (nSPS) is 45.2. The largest absolute Gasteiger partial charge is 0.459 e. The molecule has 14 heteroatoms. The Morgan fingerprint density at radius 3 is 2.15 bits per heavy atom. The quantitative estimate of drug-likeness (QED) is 0.146. The molecule has 0 spiro atoms. The van der Waals surface area contributed by atoms with Gasteiger partial charge < -0.3 is 57.2 Å². The highest BCUT2D eigenvalue weighted by molar-refractivity contribution is 6.16. The molecule has 0 amide bonds. The van der Waals surface area contributed by atoms with Crippen molar-refractivity contribution in [3.63, 3.8) is 0 Å². The Kier molecular flexibility index (Phi) is 14.8. The number of ether oxygens (including phenoxy) is 11. The van der Waals surface area contributed by atoms with Crippen molar-refractivity contribution in [3.05, 3.63) is 96.6 Å².